The van der Waals surface area contributed by atoms with Crippen LogP contribution < -0.4 is 5.56 Å². The maximum absolute atomic E-state index is 13.1. The van der Waals surface area contributed by atoms with E-state index in [1.807, 2.05) is 0 Å². The number of aromatic nitrogens is 2. The number of nitrogens with zero attached hydrogens (tertiary/aromatic N) is 2. The van der Waals surface area contributed by atoms with Gasteiger partial charge >= 0.3 is 5.97 Å². The van der Waals surface area contributed by atoms with Crippen LogP contribution in [0, 0.1) is 0 Å². The zero-order valence-electron chi connectivity index (χ0n) is 14.8. The fraction of sp³-hybridized carbons (Fsp3) is 0.150. The van der Waals surface area contributed by atoms with E-state index in [2.05, 4.69) is 5.10 Å². The lowest BCUT2D eigenvalue weighted by Crippen LogP contribution is -2.17. The fourth-order valence-electron chi connectivity index (χ4n) is 3.04. The van der Waals surface area contributed by atoms with Crippen LogP contribution in [0.4, 0.5) is 0 Å². The third-order valence-electron chi connectivity index (χ3n) is 4.25. The second kappa shape index (κ2) is 7.01. The Kier molecular flexibility index (Phi) is 4.52. The van der Waals surface area contributed by atoms with Gasteiger partial charge in [-0.3, -0.25) is 9.59 Å². The number of ether oxygens (including phenoxy) is 1. The van der Waals surface area contributed by atoms with Gasteiger partial charge in [-0.2, -0.15) is 9.78 Å². The van der Waals surface area contributed by atoms with Gasteiger partial charge in [-0.1, -0.05) is 11.6 Å². The Morgan fingerprint density at radius 2 is 2.00 bits per heavy atom. The second-order valence-corrected chi connectivity index (χ2v) is 6.54. The van der Waals surface area contributed by atoms with Crippen molar-refractivity contribution in [2.75, 3.05) is 6.61 Å². The van der Waals surface area contributed by atoms with E-state index < -0.39 is 11.5 Å². The van der Waals surface area contributed by atoms with Gasteiger partial charge in [0.1, 0.15) is 34.8 Å². The Labute approximate surface area is 164 Å². The smallest absolute Gasteiger partial charge is 0.313 e. The van der Waals surface area contributed by atoms with Gasteiger partial charge in [0.15, 0.2) is 0 Å². The monoisotopic (exact) mass is 398 g/mol. The van der Waals surface area contributed by atoms with Crippen LogP contribution in [0.1, 0.15) is 12.7 Å². The highest BCUT2D eigenvalue weighted by molar-refractivity contribution is 6.30. The summed E-state index contributed by atoms with van der Waals surface area (Å²) in [5, 5.41) is 15.3. The molecule has 8 heteroatoms. The molecule has 28 heavy (non-hydrogen) atoms. The highest BCUT2D eigenvalue weighted by atomic mass is 35.5. The van der Waals surface area contributed by atoms with Crippen LogP contribution in [-0.4, -0.2) is 27.5 Å². The number of benzene rings is 2. The van der Waals surface area contributed by atoms with Crippen molar-refractivity contribution in [2.24, 2.45) is 0 Å². The molecule has 0 atom stereocenters. The van der Waals surface area contributed by atoms with Crippen LogP contribution in [0.2, 0.25) is 5.02 Å². The maximum atomic E-state index is 13.1. The van der Waals surface area contributed by atoms with Gasteiger partial charge in [0, 0.05) is 10.4 Å². The average Bonchev–Trinajstić information content (AvgIpc) is 3.01. The van der Waals surface area contributed by atoms with E-state index in [4.69, 9.17) is 20.8 Å². The molecular weight excluding hydrogens is 384 g/mol. The zero-order valence-corrected chi connectivity index (χ0v) is 15.6. The Morgan fingerprint density at radius 1 is 1.25 bits per heavy atom. The number of halogens is 1. The van der Waals surface area contributed by atoms with Crippen LogP contribution in [0.5, 0.6) is 5.75 Å². The molecule has 1 N–H and O–H groups in total. The van der Waals surface area contributed by atoms with E-state index in [1.54, 1.807) is 37.3 Å². The summed E-state index contributed by atoms with van der Waals surface area (Å²) < 4.78 is 12.0. The van der Waals surface area contributed by atoms with Gasteiger partial charge < -0.3 is 14.3 Å². The summed E-state index contributed by atoms with van der Waals surface area (Å²) in [5.41, 5.74) is 0.967. The first kappa shape index (κ1) is 18.1. The number of hydrogen-bond donors (Lipinski definition) is 1. The SMILES string of the molecule is CCOC(=O)Cc1oc2ccc(O)cc2c2nn(-c3ccc(Cl)cc3)c(=O)c1-2. The first-order valence-corrected chi connectivity index (χ1v) is 8.94. The number of fused-ring (bicyclic) bond motifs is 3. The molecule has 2 aliphatic heterocycles. The van der Waals surface area contributed by atoms with Crippen LogP contribution in [0.15, 0.2) is 51.7 Å². The lowest BCUT2D eigenvalue weighted by atomic mass is 10.1. The number of hydrogen-bond acceptors (Lipinski definition) is 6. The second-order valence-electron chi connectivity index (χ2n) is 6.10. The first-order chi connectivity index (χ1) is 13.5. The summed E-state index contributed by atoms with van der Waals surface area (Å²) in [7, 11) is 0. The Balaban J connectivity index is 2.00. The van der Waals surface area contributed by atoms with E-state index in [-0.39, 0.29) is 30.1 Å². The molecule has 2 aliphatic rings. The molecular formula is C20H15ClN2O5. The molecule has 4 rings (SSSR count). The van der Waals surface area contributed by atoms with Crippen molar-refractivity contribution in [2.45, 2.75) is 13.3 Å². The molecule has 0 aliphatic carbocycles. The first-order valence-electron chi connectivity index (χ1n) is 8.57. The van der Waals surface area contributed by atoms with Crippen LogP contribution in [0.25, 0.3) is 27.9 Å². The minimum absolute atomic E-state index is 0.00985. The number of rotatable bonds is 4. The molecule has 0 radical (unpaired) electrons. The van der Waals surface area contributed by atoms with Crippen molar-refractivity contribution < 1.29 is 19.1 Å². The van der Waals surface area contributed by atoms with E-state index in [0.29, 0.717) is 27.4 Å². The standard InChI is InChI=1S/C20H15ClN2O5/c1-2-27-17(25)10-16-18-19(14-9-13(24)7-8-15(14)28-16)22-23(20(18)26)12-5-3-11(21)4-6-12/h3-9,24H,2,10H2,1H3. The Hall–Kier alpha value is -3.32. The normalized spacial score (nSPS) is 11.2. The molecule has 0 saturated heterocycles. The predicted octanol–water partition coefficient (Wildman–Crippen LogP) is 3.55. The fourth-order valence-corrected chi connectivity index (χ4v) is 3.17. The number of aromatic hydroxyl groups is 1. The average molecular weight is 399 g/mol. The van der Waals surface area contributed by atoms with Crippen LogP contribution in [-0.2, 0) is 16.0 Å². The zero-order chi connectivity index (χ0) is 19.8. The number of esters is 1. The third kappa shape index (κ3) is 3.10. The quantitative estimate of drug-likeness (QED) is 0.528. The predicted molar refractivity (Wildman–Crippen MR) is 103 cm³/mol. The lowest BCUT2D eigenvalue weighted by molar-refractivity contribution is -0.142. The Morgan fingerprint density at radius 3 is 2.71 bits per heavy atom. The van der Waals surface area contributed by atoms with Crippen LogP contribution >= 0.6 is 11.6 Å². The van der Waals surface area contributed by atoms with Gasteiger partial charge in [-0.15, -0.1) is 0 Å². The molecule has 0 fully saturated rings. The van der Waals surface area contributed by atoms with Crippen molar-refractivity contribution in [3.8, 4) is 22.7 Å². The molecule has 2 aromatic rings. The summed E-state index contributed by atoms with van der Waals surface area (Å²) in [4.78, 5) is 25.1. The van der Waals surface area contributed by atoms with Crippen LogP contribution in [0.3, 0.4) is 0 Å². The number of carbonyl (C=O) groups is 1. The molecule has 0 unspecified atom stereocenters. The highest BCUT2D eigenvalue weighted by Crippen LogP contribution is 2.34. The van der Waals surface area contributed by atoms with E-state index in [0.717, 1.165) is 0 Å². The minimum atomic E-state index is -0.510. The van der Waals surface area contributed by atoms with Gasteiger partial charge in [-0.05, 0) is 49.4 Å². The van der Waals surface area contributed by atoms with Gasteiger partial charge in [-0.25, -0.2) is 0 Å². The number of phenolic OH excluding ortho intramolecular Hbond substituents is 1. The summed E-state index contributed by atoms with van der Waals surface area (Å²) in [6.45, 7) is 1.92. The molecule has 0 saturated carbocycles. The molecule has 7 nitrogen and oxygen atoms in total. The molecule has 2 heterocycles. The third-order valence-corrected chi connectivity index (χ3v) is 4.51. The van der Waals surface area contributed by atoms with Crippen molar-refractivity contribution in [3.63, 3.8) is 0 Å². The molecule has 0 bridgehead atoms. The van der Waals surface area contributed by atoms with E-state index in [9.17, 15) is 14.7 Å². The molecule has 0 spiro atoms. The number of phenols is 1. The summed E-state index contributed by atoms with van der Waals surface area (Å²) in [5.74, 6) is -0.336. The van der Waals surface area contributed by atoms with Gasteiger partial charge in [0.25, 0.3) is 5.56 Å². The van der Waals surface area contributed by atoms with Crippen molar-refractivity contribution >= 4 is 28.5 Å². The maximum Gasteiger partial charge on any atom is 0.313 e. The van der Waals surface area contributed by atoms with Gasteiger partial charge in [0.05, 0.1) is 12.3 Å². The van der Waals surface area contributed by atoms with Gasteiger partial charge in [0.2, 0.25) is 0 Å². The molecule has 0 aromatic heterocycles. The lowest BCUT2D eigenvalue weighted by Gasteiger charge is -2.08. The summed E-state index contributed by atoms with van der Waals surface area (Å²) >= 11 is 5.92. The van der Waals surface area contributed by atoms with E-state index in [1.165, 1.54) is 16.8 Å². The molecule has 0 amide bonds. The Bertz CT molecular complexity index is 1210. The largest absolute Gasteiger partial charge is 0.508 e. The van der Waals surface area contributed by atoms with Crippen molar-refractivity contribution in [1.82, 2.24) is 9.78 Å². The topological polar surface area (TPSA) is 94.6 Å². The molecule has 142 valence electrons. The summed E-state index contributed by atoms with van der Waals surface area (Å²) in [6.07, 6.45) is -0.206. The highest BCUT2D eigenvalue weighted by Gasteiger charge is 2.27. The molecule has 2 aromatic carbocycles. The van der Waals surface area contributed by atoms with Crippen molar-refractivity contribution in [1.29, 1.82) is 0 Å². The minimum Gasteiger partial charge on any atom is -0.508 e. The van der Waals surface area contributed by atoms with E-state index >= 15 is 0 Å². The van der Waals surface area contributed by atoms with Crippen molar-refractivity contribution in [3.05, 3.63) is 63.6 Å². The number of carbonyl (C=O) groups excluding carboxylic acids is 1. The summed E-state index contributed by atoms with van der Waals surface area (Å²) in [6, 6.07) is 11.1.